The van der Waals surface area contributed by atoms with Gasteiger partial charge >= 0.3 is 7.12 Å². The molecule has 0 saturated heterocycles. The Balaban J connectivity index is 2.70. The maximum Gasteiger partial charge on any atom is 0.499 e. The topological polar surface area (TPSA) is 57.5 Å². The fourth-order valence-corrected chi connectivity index (χ4v) is 2.33. The summed E-state index contributed by atoms with van der Waals surface area (Å²) >= 11 is 1.23. The van der Waals surface area contributed by atoms with Gasteiger partial charge in [0.15, 0.2) is 6.29 Å². The van der Waals surface area contributed by atoms with Crippen LogP contribution in [0.3, 0.4) is 0 Å². The number of carbonyl (C=O) groups excluding carboxylic acids is 1. The summed E-state index contributed by atoms with van der Waals surface area (Å²) in [6.45, 7) is 0. The molecule has 0 unspecified atom stereocenters. The first kappa shape index (κ1) is 9.39. The maximum absolute atomic E-state index is 10.7. The molecule has 14 heavy (non-hydrogen) atoms. The average Bonchev–Trinajstić information content (AvgIpc) is 2.60. The molecule has 0 spiro atoms. The van der Waals surface area contributed by atoms with E-state index in [2.05, 4.69) is 0 Å². The van der Waals surface area contributed by atoms with Crippen LogP contribution in [0.4, 0.5) is 0 Å². The van der Waals surface area contributed by atoms with Crippen molar-refractivity contribution in [3.05, 3.63) is 29.8 Å². The molecule has 2 N–H and O–H groups in total. The molecule has 70 valence electrons. The molecule has 0 amide bonds. The fraction of sp³-hybridized carbons (Fsp3) is 0. The molecule has 0 radical (unpaired) electrons. The summed E-state index contributed by atoms with van der Waals surface area (Å²) in [6.07, 6.45) is 0.770. The summed E-state index contributed by atoms with van der Waals surface area (Å²) in [5.41, 5.74) is 0.583. The van der Waals surface area contributed by atoms with Gasteiger partial charge in [-0.25, -0.2) is 0 Å². The molecular formula is C9H7BO3S. The van der Waals surface area contributed by atoms with E-state index in [1.807, 2.05) is 6.07 Å². The van der Waals surface area contributed by atoms with Crippen LogP contribution in [0.5, 0.6) is 0 Å². The Morgan fingerprint density at radius 3 is 2.79 bits per heavy atom. The monoisotopic (exact) mass is 206 g/mol. The molecule has 1 aromatic heterocycles. The van der Waals surface area contributed by atoms with Crippen LogP contribution < -0.4 is 4.78 Å². The zero-order valence-corrected chi connectivity index (χ0v) is 7.99. The van der Waals surface area contributed by atoms with Crippen molar-refractivity contribution in [2.45, 2.75) is 0 Å². The highest BCUT2D eigenvalue weighted by Gasteiger charge is 2.15. The quantitative estimate of drug-likeness (QED) is 0.552. The number of carbonyl (C=O) groups is 1. The normalized spacial score (nSPS) is 10.4. The lowest BCUT2D eigenvalue weighted by Crippen LogP contribution is -2.26. The zero-order valence-electron chi connectivity index (χ0n) is 7.18. The van der Waals surface area contributed by atoms with Crippen molar-refractivity contribution in [3.63, 3.8) is 0 Å². The van der Waals surface area contributed by atoms with Gasteiger partial charge < -0.3 is 10.0 Å². The highest BCUT2D eigenvalue weighted by molar-refractivity contribution is 7.28. The molecule has 0 saturated carbocycles. The number of hydrogen-bond donors (Lipinski definition) is 2. The molecule has 0 aliphatic rings. The summed E-state index contributed by atoms with van der Waals surface area (Å²) in [5, 5.41) is 18.8. The van der Waals surface area contributed by atoms with Crippen LogP contribution in [0.2, 0.25) is 0 Å². The third-order valence-corrected chi connectivity index (χ3v) is 3.21. The molecule has 0 fully saturated rings. The summed E-state index contributed by atoms with van der Waals surface area (Å²) < 4.78 is 1.25. The summed E-state index contributed by atoms with van der Waals surface area (Å²) in [5.74, 6) is 0. The third kappa shape index (κ3) is 1.46. The lowest BCUT2D eigenvalue weighted by molar-refractivity contribution is 0.112. The molecule has 5 heteroatoms. The predicted molar refractivity (Wildman–Crippen MR) is 57.0 cm³/mol. The average molecular weight is 206 g/mol. The Labute approximate surface area is 84.8 Å². The van der Waals surface area contributed by atoms with Gasteiger partial charge in [-0.2, -0.15) is 0 Å². The maximum atomic E-state index is 10.7. The van der Waals surface area contributed by atoms with Gasteiger partial charge in [0.2, 0.25) is 0 Å². The van der Waals surface area contributed by atoms with Crippen LogP contribution in [0.25, 0.3) is 10.1 Å². The molecule has 0 aliphatic heterocycles. The smallest absolute Gasteiger partial charge is 0.423 e. The minimum absolute atomic E-state index is 0.453. The second-order valence-corrected chi connectivity index (χ2v) is 3.99. The van der Waals surface area contributed by atoms with Gasteiger partial charge in [0.25, 0.3) is 0 Å². The Kier molecular flexibility index (Phi) is 2.37. The zero-order chi connectivity index (χ0) is 10.1. The predicted octanol–water partition coefficient (Wildman–Crippen LogP) is 0.394. The van der Waals surface area contributed by atoms with Crippen LogP contribution in [0, 0.1) is 0 Å². The third-order valence-electron chi connectivity index (χ3n) is 1.98. The largest absolute Gasteiger partial charge is 0.499 e. The Bertz CT molecular complexity index is 478. The Hall–Kier alpha value is -1.17. The van der Waals surface area contributed by atoms with E-state index in [9.17, 15) is 4.79 Å². The Morgan fingerprint density at radius 2 is 2.14 bits per heavy atom. The second kappa shape index (κ2) is 3.53. The minimum Gasteiger partial charge on any atom is -0.423 e. The summed E-state index contributed by atoms with van der Waals surface area (Å²) in [7, 11) is -1.47. The first-order valence-corrected chi connectivity index (χ1v) is 4.88. The number of hydrogen-bond acceptors (Lipinski definition) is 4. The lowest BCUT2D eigenvalue weighted by Gasteiger charge is -1.91. The van der Waals surface area contributed by atoms with Crippen molar-refractivity contribution in [3.8, 4) is 0 Å². The first-order chi connectivity index (χ1) is 6.72. The van der Waals surface area contributed by atoms with Crippen molar-refractivity contribution >= 4 is 39.6 Å². The van der Waals surface area contributed by atoms with E-state index in [0.29, 0.717) is 10.3 Å². The van der Waals surface area contributed by atoms with Crippen molar-refractivity contribution in [1.82, 2.24) is 0 Å². The number of rotatable bonds is 2. The van der Waals surface area contributed by atoms with Crippen LogP contribution in [0.1, 0.15) is 10.4 Å². The molecule has 1 heterocycles. The van der Waals surface area contributed by atoms with Gasteiger partial charge in [0, 0.05) is 15.0 Å². The van der Waals surface area contributed by atoms with Gasteiger partial charge in [-0.1, -0.05) is 18.2 Å². The molecule has 0 aliphatic carbocycles. The molecule has 0 bridgehead atoms. The summed E-state index contributed by atoms with van der Waals surface area (Å²) in [6, 6.07) is 6.99. The van der Waals surface area contributed by atoms with Gasteiger partial charge in [-0.15, -0.1) is 11.3 Å². The Morgan fingerprint density at radius 1 is 1.36 bits per heavy atom. The van der Waals surface area contributed by atoms with Gasteiger partial charge in [-0.05, 0) is 11.5 Å². The van der Waals surface area contributed by atoms with E-state index in [-0.39, 0.29) is 0 Å². The minimum atomic E-state index is -1.47. The SMILES string of the molecule is O=Cc1cccc2cc(B(O)O)sc12. The molecule has 2 aromatic rings. The van der Waals surface area contributed by atoms with Crippen molar-refractivity contribution in [2.75, 3.05) is 0 Å². The van der Waals surface area contributed by atoms with E-state index < -0.39 is 7.12 Å². The second-order valence-electron chi connectivity index (χ2n) is 2.91. The summed E-state index contributed by atoms with van der Waals surface area (Å²) in [4.78, 5) is 10.7. The highest BCUT2D eigenvalue weighted by atomic mass is 32.1. The van der Waals surface area contributed by atoms with Crippen LogP contribution >= 0.6 is 11.3 Å². The van der Waals surface area contributed by atoms with E-state index >= 15 is 0 Å². The van der Waals surface area contributed by atoms with Crippen LogP contribution in [-0.2, 0) is 0 Å². The molecule has 2 rings (SSSR count). The van der Waals surface area contributed by atoms with E-state index in [1.54, 1.807) is 18.2 Å². The molecule has 1 aromatic carbocycles. The molecule has 0 atom stereocenters. The van der Waals surface area contributed by atoms with Gasteiger partial charge in [-0.3, -0.25) is 4.79 Å². The number of fused-ring (bicyclic) bond motifs is 1. The van der Waals surface area contributed by atoms with Crippen LogP contribution in [0.15, 0.2) is 24.3 Å². The van der Waals surface area contributed by atoms with Gasteiger partial charge in [0.1, 0.15) is 0 Å². The van der Waals surface area contributed by atoms with Gasteiger partial charge in [0.05, 0.1) is 0 Å². The van der Waals surface area contributed by atoms with Crippen molar-refractivity contribution in [2.24, 2.45) is 0 Å². The number of benzene rings is 1. The first-order valence-electron chi connectivity index (χ1n) is 4.06. The lowest BCUT2D eigenvalue weighted by atomic mass is 9.89. The molecular weight excluding hydrogens is 199 g/mol. The molecule has 3 nitrogen and oxygen atoms in total. The van der Waals surface area contributed by atoms with Crippen molar-refractivity contribution in [1.29, 1.82) is 0 Å². The van der Waals surface area contributed by atoms with E-state index in [1.165, 1.54) is 11.3 Å². The van der Waals surface area contributed by atoms with E-state index in [4.69, 9.17) is 10.0 Å². The number of thiophene rings is 1. The standard InChI is InChI=1S/C9H7BO3S/c11-5-7-3-1-2-6-4-8(10(12)13)14-9(6)7/h1-5,12-13H. The van der Waals surface area contributed by atoms with Crippen LogP contribution in [-0.4, -0.2) is 23.5 Å². The van der Waals surface area contributed by atoms with Crippen molar-refractivity contribution < 1.29 is 14.8 Å². The number of aldehydes is 1. The fourth-order valence-electron chi connectivity index (χ4n) is 1.33. The van der Waals surface area contributed by atoms with E-state index in [0.717, 1.165) is 16.4 Å². The highest BCUT2D eigenvalue weighted by Crippen LogP contribution is 2.22.